The smallest absolute Gasteiger partial charge is 0.395 e. The Hall–Kier alpha value is -0.330. The average molecular weight is 282 g/mol. The molecule has 6 heteroatoms. The Bertz CT molecular complexity index is 282. The molecule has 0 aromatic heterocycles. The number of rotatable bonds is 5. The second-order valence-corrected chi connectivity index (χ2v) is 6.24. The van der Waals surface area contributed by atoms with Crippen LogP contribution in [0.1, 0.15) is 33.1 Å². The minimum Gasteiger partial charge on any atom is -0.395 e. The average Bonchev–Trinajstić information content (AvgIpc) is 2.23. The molecule has 1 saturated carbocycles. The molecule has 0 saturated heterocycles. The molecule has 114 valence electrons. The Balaban J connectivity index is 2.62. The van der Waals surface area contributed by atoms with Gasteiger partial charge >= 0.3 is 6.18 Å². The lowest BCUT2D eigenvalue weighted by molar-refractivity contribution is -0.149. The summed E-state index contributed by atoms with van der Waals surface area (Å²) in [7, 11) is 0. The van der Waals surface area contributed by atoms with Gasteiger partial charge in [0.2, 0.25) is 0 Å². The number of aliphatic hydroxyl groups excluding tert-OH is 1. The van der Waals surface area contributed by atoms with Crippen molar-refractivity contribution in [1.82, 2.24) is 4.90 Å². The Morgan fingerprint density at radius 3 is 2.53 bits per heavy atom. The Kier molecular flexibility index (Phi) is 5.65. The van der Waals surface area contributed by atoms with Crippen LogP contribution >= 0.6 is 0 Å². The summed E-state index contributed by atoms with van der Waals surface area (Å²) in [5.74, 6) is 0.0673. The van der Waals surface area contributed by atoms with Crippen molar-refractivity contribution < 1.29 is 18.3 Å². The van der Waals surface area contributed by atoms with Crippen LogP contribution in [0.4, 0.5) is 13.2 Å². The van der Waals surface area contributed by atoms with Crippen LogP contribution in [0.15, 0.2) is 0 Å². The Morgan fingerprint density at radius 1 is 1.37 bits per heavy atom. The van der Waals surface area contributed by atoms with Crippen LogP contribution in [0.5, 0.6) is 0 Å². The lowest BCUT2D eigenvalue weighted by atomic mass is 9.68. The molecule has 1 fully saturated rings. The van der Waals surface area contributed by atoms with Crippen molar-refractivity contribution in [1.29, 1.82) is 0 Å². The van der Waals surface area contributed by atoms with Gasteiger partial charge in [0.05, 0.1) is 13.2 Å². The van der Waals surface area contributed by atoms with Gasteiger partial charge in [-0.3, -0.25) is 4.90 Å². The van der Waals surface area contributed by atoms with E-state index in [0.29, 0.717) is 6.54 Å². The topological polar surface area (TPSA) is 49.5 Å². The van der Waals surface area contributed by atoms with Crippen LogP contribution in [-0.2, 0) is 0 Å². The van der Waals surface area contributed by atoms with Crippen molar-refractivity contribution in [2.24, 2.45) is 17.1 Å². The van der Waals surface area contributed by atoms with Gasteiger partial charge < -0.3 is 10.8 Å². The molecule has 0 aromatic rings. The molecule has 3 N–H and O–H groups in total. The molecular weight excluding hydrogens is 257 g/mol. The predicted molar refractivity (Wildman–Crippen MR) is 68.7 cm³/mol. The summed E-state index contributed by atoms with van der Waals surface area (Å²) in [4.78, 5) is 1.27. The van der Waals surface area contributed by atoms with Gasteiger partial charge in [-0.1, -0.05) is 20.3 Å². The molecule has 19 heavy (non-hydrogen) atoms. The Labute approximate surface area is 113 Å². The summed E-state index contributed by atoms with van der Waals surface area (Å²) >= 11 is 0. The van der Waals surface area contributed by atoms with Crippen molar-refractivity contribution in [3.8, 4) is 0 Å². The molecular formula is C13H25F3N2O. The van der Waals surface area contributed by atoms with Crippen LogP contribution in [0.2, 0.25) is 0 Å². The van der Waals surface area contributed by atoms with E-state index in [1.54, 1.807) is 0 Å². The first-order valence-corrected chi connectivity index (χ1v) is 6.81. The highest BCUT2D eigenvalue weighted by molar-refractivity contribution is 4.92. The van der Waals surface area contributed by atoms with Gasteiger partial charge in [0.25, 0.3) is 0 Å². The molecule has 0 aromatic carbocycles. The van der Waals surface area contributed by atoms with E-state index in [1.165, 1.54) is 4.90 Å². The number of hydrogen-bond acceptors (Lipinski definition) is 3. The molecule has 0 aliphatic heterocycles. The van der Waals surface area contributed by atoms with E-state index in [2.05, 4.69) is 13.8 Å². The zero-order chi connectivity index (χ0) is 14.7. The molecule has 3 nitrogen and oxygen atoms in total. The van der Waals surface area contributed by atoms with Crippen molar-refractivity contribution in [2.75, 3.05) is 26.2 Å². The van der Waals surface area contributed by atoms with Gasteiger partial charge in [-0.2, -0.15) is 13.2 Å². The summed E-state index contributed by atoms with van der Waals surface area (Å²) in [6, 6.07) is -0.0873. The van der Waals surface area contributed by atoms with E-state index in [4.69, 9.17) is 10.8 Å². The highest BCUT2D eigenvalue weighted by atomic mass is 19.4. The molecule has 0 heterocycles. The van der Waals surface area contributed by atoms with Crippen molar-refractivity contribution in [2.45, 2.75) is 45.3 Å². The number of aliphatic hydroxyl groups is 1. The molecule has 2 atom stereocenters. The second-order valence-electron chi connectivity index (χ2n) is 6.24. The molecule has 1 aliphatic carbocycles. The maximum absolute atomic E-state index is 12.5. The lowest BCUT2D eigenvalue weighted by Gasteiger charge is -2.43. The summed E-state index contributed by atoms with van der Waals surface area (Å²) < 4.78 is 37.4. The maximum Gasteiger partial charge on any atom is 0.401 e. The summed E-state index contributed by atoms with van der Waals surface area (Å²) in [5.41, 5.74) is 6.17. The van der Waals surface area contributed by atoms with Crippen LogP contribution in [0.3, 0.4) is 0 Å². The van der Waals surface area contributed by atoms with E-state index in [-0.39, 0.29) is 30.5 Å². The molecule has 0 spiro atoms. The van der Waals surface area contributed by atoms with Gasteiger partial charge in [-0.25, -0.2) is 0 Å². The minimum absolute atomic E-state index is 0.0218. The number of hydrogen-bond donors (Lipinski definition) is 2. The third-order valence-corrected chi connectivity index (χ3v) is 4.12. The zero-order valence-corrected chi connectivity index (χ0v) is 11.7. The molecule has 1 rings (SSSR count). The predicted octanol–water partition coefficient (Wildman–Crippen LogP) is 2.00. The highest BCUT2D eigenvalue weighted by Gasteiger charge is 2.38. The molecule has 1 aliphatic rings. The first-order valence-electron chi connectivity index (χ1n) is 6.81. The fraction of sp³-hybridized carbons (Fsp3) is 1.00. The van der Waals surface area contributed by atoms with Crippen molar-refractivity contribution in [3.05, 3.63) is 0 Å². The van der Waals surface area contributed by atoms with E-state index in [1.807, 2.05) is 0 Å². The van der Waals surface area contributed by atoms with E-state index in [0.717, 1.165) is 19.3 Å². The monoisotopic (exact) mass is 282 g/mol. The van der Waals surface area contributed by atoms with Crippen LogP contribution in [0, 0.1) is 11.3 Å². The van der Waals surface area contributed by atoms with Gasteiger partial charge in [0.15, 0.2) is 0 Å². The first-order chi connectivity index (χ1) is 8.65. The Morgan fingerprint density at radius 2 is 2.00 bits per heavy atom. The fourth-order valence-electron chi connectivity index (χ4n) is 2.97. The molecule has 2 unspecified atom stereocenters. The molecule has 0 bridgehead atoms. The van der Waals surface area contributed by atoms with Gasteiger partial charge in [-0.15, -0.1) is 0 Å². The van der Waals surface area contributed by atoms with Crippen LogP contribution in [0.25, 0.3) is 0 Å². The molecule has 0 radical (unpaired) electrons. The van der Waals surface area contributed by atoms with Crippen molar-refractivity contribution >= 4 is 0 Å². The van der Waals surface area contributed by atoms with Crippen LogP contribution < -0.4 is 5.73 Å². The minimum atomic E-state index is -4.23. The number of nitrogens with zero attached hydrogens (tertiary/aromatic N) is 1. The zero-order valence-electron chi connectivity index (χ0n) is 11.7. The standard InChI is InChI=1S/C13H25F3N2O/c1-12(2)5-3-4-10(11(12)17)8-18(6-7-19)9-13(14,15)16/h10-11,19H,3-9,17H2,1-2H3. The highest BCUT2D eigenvalue weighted by Crippen LogP contribution is 2.38. The number of nitrogens with two attached hydrogens (primary N) is 1. The summed E-state index contributed by atoms with van der Waals surface area (Å²) in [6.07, 6.45) is -1.35. The number of halogens is 3. The van der Waals surface area contributed by atoms with E-state index >= 15 is 0 Å². The van der Waals surface area contributed by atoms with Crippen molar-refractivity contribution in [3.63, 3.8) is 0 Å². The van der Waals surface area contributed by atoms with E-state index in [9.17, 15) is 13.2 Å². The third kappa shape index (κ3) is 5.28. The van der Waals surface area contributed by atoms with Gasteiger partial charge in [-0.05, 0) is 24.2 Å². The summed E-state index contributed by atoms with van der Waals surface area (Å²) in [6.45, 7) is 3.26. The van der Waals surface area contributed by atoms with Gasteiger partial charge in [0.1, 0.15) is 0 Å². The SMILES string of the molecule is CC1(C)CCCC(CN(CCO)CC(F)(F)F)C1N. The first kappa shape index (κ1) is 16.7. The van der Waals surface area contributed by atoms with Gasteiger partial charge in [0, 0.05) is 19.1 Å². The lowest BCUT2D eigenvalue weighted by Crippen LogP contribution is -2.51. The number of alkyl halides is 3. The second kappa shape index (κ2) is 6.41. The third-order valence-electron chi connectivity index (χ3n) is 4.12. The van der Waals surface area contributed by atoms with Crippen LogP contribution in [-0.4, -0.2) is 48.5 Å². The largest absolute Gasteiger partial charge is 0.401 e. The quantitative estimate of drug-likeness (QED) is 0.811. The summed E-state index contributed by atoms with van der Waals surface area (Å²) in [5, 5.41) is 8.89. The maximum atomic E-state index is 12.5. The van der Waals surface area contributed by atoms with E-state index < -0.39 is 12.7 Å². The normalized spacial score (nSPS) is 27.8. The molecule has 0 amide bonds. The fourth-order valence-corrected chi connectivity index (χ4v) is 2.97.